The number of carboxylic acids is 1. The van der Waals surface area contributed by atoms with Crippen molar-refractivity contribution in [3.63, 3.8) is 0 Å². The molecule has 1 amide bonds. The summed E-state index contributed by atoms with van der Waals surface area (Å²) in [7, 11) is 1.55. The maximum Gasteiger partial charge on any atom is 0.410 e. The van der Waals surface area contributed by atoms with Crippen LogP contribution in [0.15, 0.2) is 48.5 Å². The van der Waals surface area contributed by atoms with Gasteiger partial charge in [-0.2, -0.15) is 0 Å². The van der Waals surface area contributed by atoms with Gasteiger partial charge in [0.05, 0.1) is 6.61 Å². The largest absolute Gasteiger partial charge is 0.488 e. The second kappa shape index (κ2) is 10.6. The minimum Gasteiger partial charge on any atom is -0.488 e. The van der Waals surface area contributed by atoms with Crippen molar-refractivity contribution in [2.75, 3.05) is 20.3 Å². The minimum absolute atomic E-state index is 0.0410. The van der Waals surface area contributed by atoms with Crippen LogP contribution in [-0.2, 0) is 22.6 Å². The number of methoxy groups -OCH3 is 1. The van der Waals surface area contributed by atoms with Gasteiger partial charge in [-0.3, -0.25) is 0 Å². The molecule has 0 aliphatic rings. The molecule has 7 heteroatoms. The number of carbonyl (C=O) groups is 2. The highest BCUT2D eigenvalue weighted by atomic mass is 16.6. The van der Waals surface area contributed by atoms with Gasteiger partial charge in [0, 0.05) is 20.2 Å². The fourth-order valence-corrected chi connectivity index (χ4v) is 2.69. The van der Waals surface area contributed by atoms with Crippen molar-refractivity contribution in [2.45, 2.75) is 39.5 Å². The fraction of sp³-hybridized carbons (Fsp3) is 0.391. The molecule has 0 fully saturated rings. The standard InChI is InChI=1S/C23H29NO6/c1-23(2,3)30-22(27)24(12-13-28-4)15-18-10-11-20(19(14-18)21(25)26)29-16-17-8-6-5-7-9-17/h5-11,14H,12-13,15-16H2,1-4H3,(H,25,26). The summed E-state index contributed by atoms with van der Waals surface area (Å²) < 4.78 is 16.2. The van der Waals surface area contributed by atoms with Crippen molar-refractivity contribution in [1.82, 2.24) is 4.90 Å². The van der Waals surface area contributed by atoms with Crippen LogP contribution in [0.2, 0.25) is 0 Å². The van der Waals surface area contributed by atoms with Crippen LogP contribution in [0, 0.1) is 0 Å². The van der Waals surface area contributed by atoms with Crippen molar-refractivity contribution in [3.8, 4) is 5.75 Å². The molecule has 0 aliphatic carbocycles. The van der Waals surface area contributed by atoms with Crippen LogP contribution in [0.1, 0.15) is 42.3 Å². The molecule has 0 atom stereocenters. The van der Waals surface area contributed by atoms with E-state index < -0.39 is 17.7 Å². The smallest absolute Gasteiger partial charge is 0.410 e. The molecule has 1 N–H and O–H groups in total. The van der Waals surface area contributed by atoms with Crippen LogP contribution in [0.25, 0.3) is 0 Å². The molecule has 7 nitrogen and oxygen atoms in total. The van der Waals surface area contributed by atoms with Gasteiger partial charge in [-0.15, -0.1) is 0 Å². The minimum atomic E-state index is -1.10. The van der Waals surface area contributed by atoms with E-state index in [0.29, 0.717) is 18.7 Å². The Kier molecular flexibility index (Phi) is 8.24. The molecular formula is C23H29NO6. The first kappa shape index (κ1) is 23.2. The van der Waals surface area contributed by atoms with Crippen LogP contribution in [0.5, 0.6) is 5.75 Å². The number of hydrogen-bond acceptors (Lipinski definition) is 5. The van der Waals surface area contributed by atoms with E-state index in [1.54, 1.807) is 40.0 Å². The molecule has 0 radical (unpaired) electrons. The summed E-state index contributed by atoms with van der Waals surface area (Å²) in [6, 6.07) is 14.4. The van der Waals surface area contributed by atoms with Crippen LogP contribution in [0.3, 0.4) is 0 Å². The third-order valence-corrected chi connectivity index (χ3v) is 4.10. The molecular weight excluding hydrogens is 386 g/mol. The molecule has 0 aromatic heterocycles. The molecule has 2 aromatic carbocycles. The Labute approximate surface area is 177 Å². The van der Waals surface area contributed by atoms with Gasteiger partial charge in [0.1, 0.15) is 23.5 Å². The van der Waals surface area contributed by atoms with E-state index in [1.165, 1.54) is 11.0 Å². The molecule has 0 saturated carbocycles. The van der Waals surface area contributed by atoms with Gasteiger partial charge in [-0.1, -0.05) is 36.4 Å². The van der Waals surface area contributed by atoms with Crippen molar-refractivity contribution in [1.29, 1.82) is 0 Å². The molecule has 0 aliphatic heterocycles. The van der Waals surface area contributed by atoms with Gasteiger partial charge in [0.15, 0.2) is 0 Å². The molecule has 2 aromatic rings. The predicted octanol–water partition coefficient (Wildman–Crippen LogP) is 4.35. The summed E-state index contributed by atoms with van der Waals surface area (Å²) in [5, 5.41) is 9.62. The first-order valence-corrected chi connectivity index (χ1v) is 9.69. The van der Waals surface area contributed by atoms with E-state index in [1.807, 2.05) is 30.3 Å². The van der Waals surface area contributed by atoms with Gasteiger partial charge >= 0.3 is 12.1 Å². The maximum absolute atomic E-state index is 12.5. The lowest BCUT2D eigenvalue weighted by molar-refractivity contribution is 0.0184. The van der Waals surface area contributed by atoms with E-state index in [-0.39, 0.29) is 24.5 Å². The monoisotopic (exact) mass is 415 g/mol. The predicted molar refractivity (Wildman–Crippen MR) is 113 cm³/mol. The fourth-order valence-electron chi connectivity index (χ4n) is 2.69. The Hall–Kier alpha value is -3.06. The Morgan fingerprint density at radius 2 is 1.73 bits per heavy atom. The van der Waals surface area contributed by atoms with Gasteiger partial charge in [-0.25, -0.2) is 9.59 Å². The number of carbonyl (C=O) groups excluding carboxylic acids is 1. The van der Waals surface area contributed by atoms with E-state index in [0.717, 1.165) is 5.56 Å². The zero-order valence-corrected chi connectivity index (χ0v) is 17.9. The second-order valence-corrected chi connectivity index (χ2v) is 7.80. The first-order valence-electron chi connectivity index (χ1n) is 9.69. The van der Waals surface area contributed by atoms with Gasteiger partial charge in [-0.05, 0) is 44.0 Å². The Morgan fingerprint density at radius 1 is 1.03 bits per heavy atom. The molecule has 30 heavy (non-hydrogen) atoms. The lowest BCUT2D eigenvalue weighted by Gasteiger charge is -2.27. The topological polar surface area (TPSA) is 85.3 Å². The number of rotatable bonds is 9. The average Bonchev–Trinajstić information content (AvgIpc) is 2.69. The SMILES string of the molecule is COCCN(Cc1ccc(OCc2ccccc2)c(C(=O)O)c1)C(=O)OC(C)(C)C. The van der Waals surface area contributed by atoms with Crippen molar-refractivity contribution in [3.05, 3.63) is 65.2 Å². The van der Waals surface area contributed by atoms with Gasteiger partial charge in [0.2, 0.25) is 0 Å². The second-order valence-electron chi connectivity index (χ2n) is 7.80. The molecule has 0 heterocycles. The maximum atomic E-state index is 12.5. The Morgan fingerprint density at radius 3 is 2.33 bits per heavy atom. The number of hydrogen-bond donors (Lipinski definition) is 1. The summed E-state index contributed by atoms with van der Waals surface area (Å²) in [6.07, 6.45) is -0.485. The van der Waals surface area contributed by atoms with Crippen molar-refractivity contribution in [2.24, 2.45) is 0 Å². The first-order chi connectivity index (χ1) is 14.2. The third kappa shape index (κ3) is 7.40. The number of ether oxygens (including phenoxy) is 3. The Balaban J connectivity index is 2.17. The van der Waals surface area contributed by atoms with E-state index in [2.05, 4.69) is 0 Å². The molecule has 2 rings (SSSR count). The van der Waals surface area contributed by atoms with Crippen LogP contribution in [0.4, 0.5) is 4.79 Å². The molecule has 0 spiro atoms. The Bertz CT molecular complexity index is 845. The lowest BCUT2D eigenvalue weighted by Crippen LogP contribution is -2.38. The summed E-state index contributed by atoms with van der Waals surface area (Å²) in [4.78, 5) is 25.8. The lowest BCUT2D eigenvalue weighted by atomic mass is 10.1. The summed E-state index contributed by atoms with van der Waals surface area (Å²) in [5.74, 6) is -0.823. The quantitative estimate of drug-likeness (QED) is 0.655. The third-order valence-electron chi connectivity index (χ3n) is 4.10. The van der Waals surface area contributed by atoms with Crippen LogP contribution >= 0.6 is 0 Å². The zero-order chi connectivity index (χ0) is 22.1. The van der Waals surface area contributed by atoms with Crippen molar-refractivity contribution < 1.29 is 28.9 Å². The molecule has 162 valence electrons. The van der Waals surface area contributed by atoms with E-state index in [4.69, 9.17) is 14.2 Å². The van der Waals surface area contributed by atoms with Crippen LogP contribution < -0.4 is 4.74 Å². The van der Waals surface area contributed by atoms with Gasteiger partial charge in [0.25, 0.3) is 0 Å². The van der Waals surface area contributed by atoms with Crippen LogP contribution in [-0.4, -0.2) is 47.9 Å². The summed E-state index contributed by atoms with van der Waals surface area (Å²) in [6.45, 7) is 6.49. The van der Waals surface area contributed by atoms with E-state index >= 15 is 0 Å². The van der Waals surface area contributed by atoms with E-state index in [9.17, 15) is 14.7 Å². The summed E-state index contributed by atoms with van der Waals surface area (Å²) >= 11 is 0. The number of nitrogens with zero attached hydrogens (tertiary/aromatic N) is 1. The normalized spacial score (nSPS) is 11.1. The highest BCUT2D eigenvalue weighted by Gasteiger charge is 2.23. The number of aromatic carboxylic acids is 1. The number of amides is 1. The molecule has 0 bridgehead atoms. The zero-order valence-electron chi connectivity index (χ0n) is 17.9. The summed E-state index contributed by atoms with van der Waals surface area (Å²) in [5.41, 5.74) is 0.998. The van der Waals surface area contributed by atoms with Crippen molar-refractivity contribution >= 4 is 12.1 Å². The highest BCUT2D eigenvalue weighted by molar-refractivity contribution is 5.91. The molecule has 0 unspecified atom stereocenters. The number of carboxylic acid groups (broad SMARTS) is 1. The number of benzene rings is 2. The van der Waals surface area contributed by atoms with Gasteiger partial charge < -0.3 is 24.2 Å². The average molecular weight is 415 g/mol. The highest BCUT2D eigenvalue weighted by Crippen LogP contribution is 2.23. The molecule has 0 saturated heterocycles.